The van der Waals surface area contributed by atoms with Crippen molar-refractivity contribution in [1.82, 2.24) is 30.4 Å². The second-order valence-corrected chi connectivity index (χ2v) is 12.9. The van der Waals surface area contributed by atoms with Crippen LogP contribution in [0.2, 0.25) is 0 Å². The summed E-state index contributed by atoms with van der Waals surface area (Å²) in [6, 6.07) is 3.22. The van der Waals surface area contributed by atoms with Crippen molar-refractivity contribution in [3.05, 3.63) is 41.1 Å². The van der Waals surface area contributed by atoms with Crippen molar-refractivity contribution in [2.45, 2.75) is 33.6 Å². The van der Waals surface area contributed by atoms with Crippen LogP contribution >= 0.6 is 23.5 Å². The average Bonchev–Trinajstić information content (AvgIpc) is 3.34. The molecule has 0 spiro atoms. The van der Waals surface area contributed by atoms with Crippen molar-refractivity contribution < 1.29 is 51.9 Å². The molecule has 2 unspecified atom stereocenters. The molecule has 3 heterocycles. The smallest absolute Gasteiger partial charge is 0.411 e. The maximum absolute atomic E-state index is 13.4. The number of benzene rings is 1. The van der Waals surface area contributed by atoms with Crippen molar-refractivity contribution in [3.63, 3.8) is 0 Å². The number of fused-ring (bicyclic) bond motifs is 1. The van der Waals surface area contributed by atoms with E-state index in [9.17, 15) is 42.0 Å². The molecule has 0 aliphatic carbocycles. The number of nitrogens with one attached hydrogen (secondary N) is 2. The van der Waals surface area contributed by atoms with Crippen LogP contribution in [0, 0.1) is 0 Å². The van der Waals surface area contributed by atoms with Crippen LogP contribution in [0.3, 0.4) is 0 Å². The predicted molar refractivity (Wildman–Crippen MR) is 150 cm³/mol. The van der Waals surface area contributed by atoms with Crippen LogP contribution in [0.5, 0.6) is 0 Å². The first-order chi connectivity index (χ1) is 20.7. The molecule has 2 aliphatic rings. The normalized spacial score (nSPS) is 19.3. The standard InChI is InChI=1S/C22H24N8O11S3/c1-29-21(26-27-28-29)42-8-11-15(20(35)36)30-13(31)6-14(30)43-18(11)25-17(32)16(44(38,39)40)9-2-4-10(5-3-9)24-22(37)41-7-12(23)19(33)34/h2-5,12,14,16,18H,6-8,23H2,1H3,(H,24,37)(H,25,32)(H,33,34)(H,35,36)(H,38,39,40)/t12-,14+,16?,18?/m1/s1. The van der Waals surface area contributed by atoms with E-state index >= 15 is 0 Å². The van der Waals surface area contributed by atoms with Crippen LogP contribution in [0.15, 0.2) is 40.7 Å². The van der Waals surface area contributed by atoms with Crippen molar-refractivity contribution >= 4 is 69.2 Å². The fourth-order valence-electron chi connectivity index (χ4n) is 4.07. The number of thioether (sulfide) groups is 2. The first kappa shape index (κ1) is 32.7. The van der Waals surface area contributed by atoms with Gasteiger partial charge in [0.2, 0.25) is 17.0 Å². The lowest BCUT2D eigenvalue weighted by molar-refractivity contribution is -0.146. The zero-order chi connectivity index (χ0) is 32.3. The number of aromatic nitrogens is 4. The lowest BCUT2D eigenvalue weighted by Gasteiger charge is -2.46. The fraction of sp³-hybridized carbons (Fsp3) is 0.364. The monoisotopic (exact) mass is 672 g/mol. The van der Waals surface area contributed by atoms with Crippen LogP contribution in [-0.4, -0.2) is 107 Å². The summed E-state index contributed by atoms with van der Waals surface area (Å²) < 4.78 is 40.8. The number of hydrogen-bond donors (Lipinski definition) is 6. The Hall–Kier alpha value is -4.25. The molecule has 22 heteroatoms. The SMILES string of the molecule is Cn1nnnc1SCC1=C(C(=O)O)N2C(=O)C[C@@H]2SC1NC(=O)C(c1ccc(NC(=O)OC[C@@H](N)C(=O)O)cc1)S(=O)(=O)O. The van der Waals surface area contributed by atoms with E-state index in [2.05, 4.69) is 26.2 Å². The molecule has 4 rings (SSSR count). The number of carboxylic acids is 2. The maximum atomic E-state index is 13.4. The molecule has 1 aromatic carbocycles. The highest BCUT2D eigenvalue weighted by atomic mass is 32.2. The second kappa shape index (κ2) is 13.2. The molecule has 236 valence electrons. The van der Waals surface area contributed by atoms with Crippen LogP contribution < -0.4 is 16.4 Å². The van der Waals surface area contributed by atoms with E-state index in [4.69, 9.17) is 15.6 Å². The molecule has 0 radical (unpaired) electrons. The number of aliphatic carboxylic acids is 2. The Bertz CT molecular complexity index is 1630. The molecule has 1 saturated heterocycles. The topological polar surface area (TPSA) is 286 Å². The average molecular weight is 673 g/mol. The first-order valence-electron chi connectivity index (χ1n) is 12.2. The van der Waals surface area contributed by atoms with Crippen molar-refractivity contribution in [3.8, 4) is 0 Å². The Labute approximate surface area is 256 Å². The van der Waals surface area contributed by atoms with Gasteiger partial charge in [0.25, 0.3) is 10.1 Å². The van der Waals surface area contributed by atoms with Crippen LogP contribution in [-0.2, 0) is 41.1 Å². The lowest BCUT2D eigenvalue weighted by Crippen LogP contribution is -2.57. The summed E-state index contributed by atoms with van der Waals surface area (Å²) in [6.07, 6.45) is -1.07. The van der Waals surface area contributed by atoms with E-state index in [1.807, 2.05) is 0 Å². The predicted octanol–water partition coefficient (Wildman–Crippen LogP) is -1.02. The minimum Gasteiger partial charge on any atom is -0.480 e. The van der Waals surface area contributed by atoms with Gasteiger partial charge in [-0.1, -0.05) is 23.9 Å². The molecule has 4 atom stereocenters. The number of hydrogen-bond acceptors (Lipinski definition) is 14. The van der Waals surface area contributed by atoms with Crippen LogP contribution in [0.1, 0.15) is 17.2 Å². The van der Waals surface area contributed by atoms with Gasteiger partial charge in [-0.25, -0.2) is 14.3 Å². The van der Waals surface area contributed by atoms with Gasteiger partial charge < -0.3 is 26.0 Å². The van der Waals surface area contributed by atoms with Crippen molar-refractivity contribution in [2.24, 2.45) is 12.8 Å². The summed E-state index contributed by atoms with van der Waals surface area (Å²) >= 11 is 2.04. The van der Waals surface area contributed by atoms with E-state index in [1.165, 1.54) is 16.8 Å². The molecule has 1 aromatic heterocycles. The molecule has 2 aromatic rings. The van der Waals surface area contributed by atoms with Gasteiger partial charge in [0.15, 0.2) is 5.25 Å². The number of rotatable bonds is 12. The molecule has 0 bridgehead atoms. The molecule has 1 fully saturated rings. The first-order valence-corrected chi connectivity index (χ1v) is 15.7. The molecule has 19 nitrogen and oxygen atoms in total. The van der Waals surface area contributed by atoms with Crippen molar-refractivity contribution in [1.29, 1.82) is 0 Å². The zero-order valence-electron chi connectivity index (χ0n) is 22.4. The third-order valence-corrected chi connectivity index (χ3v) is 9.69. The van der Waals surface area contributed by atoms with Crippen LogP contribution in [0.25, 0.3) is 0 Å². The highest BCUT2D eigenvalue weighted by Gasteiger charge is 2.49. The van der Waals surface area contributed by atoms with Gasteiger partial charge in [-0.05, 0) is 28.1 Å². The summed E-state index contributed by atoms with van der Waals surface area (Å²) in [5.41, 5.74) is 4.83. The summed E-state index contributed by atoms with van der Waals surface area (Å²) in [4.78, 5) is 61.7. The number of aryl methyl sites for hydroxylation is 1. The summed E-state index contributed by atoms with van der Waals surface area (Å²) in [6.45, 7) is -0.621. The fourth-order valence-corrected chi connectivity index (χ4v) is 7.36. The van der Waals surface area contributed by atoms with Gasteiger partial charge in [0.1, 0.15) is 23.7 Å². The van der Waals surface area contributed by atoms with Gasteiger partial charge in [-0.2, -0.15) is 8.42 Å². The number of anilines is 1. The van der Waals surface area contributed by atoms with E-state index in [0.29, 0.717) is 5.16 Å². The number of amides is 3. The van der Waals surface area contributed by atoms with E-state index < -0.39 is 68.6 Å². The molecule has 0 saturated carbocycles. The molecule has 44 heavy (non-hydrogen) atoms. The Kier molecular flexibility index (Phi) is 9.78. The van der Waals surface area contributed by atoms with E-state index in [0.717, 1.165) is 40.6 Å². The number of ether oxygens (including phenoxy) is 1. The molecular weight excluding hydrogens is 648 g/mol. The Morgan fingerprint density at radius 2 is 1.91 bits per heavy atom. The largest absolute Gasteiger partial charge is 0.480 e. The third kappa shape index (κ3) is 7.27. The summed E-state index contributed by atoms with van der Waals surface area (Å²) in [5, 5.41) is 30.9. The number of nitrogens with two attached hydrogens (primary N) is 1. The highest BCUT2D eigenvalue weighted by molar-refractivity contribution is 8.01. The molecular formula is C22H24N8O11S3. The minimum atomic E-state index is -5.08. The Morgan fingerprint density at radius 3 is 2.45 bits per heavy atom. The lowest BCUT2D eigenvalue weighted by atomic mass is 10.1. The molecule has 7 N–H and O–H groups in total. The zero-order valence-corrected chi connectivity index (χ0v) is 24.8. The summed E-state index contributed by atoms with van der Waals surface area (Å²) in [7, 11) is -3.54. The second-order valence-electron chi connectivity index (χ2n) is 9.19. The summed E-state index contributed by atoms with van der Waals surface area (Å²) in [5.74, 6) is -4.56. The van der Waals surface area contributed by atoms with E-state index in [1.54, 1.807) is 7.05 Å². The number of nitrogens with zero attached hydrogens (tertiary/aromatic N) is 5. The molecule has 2 aliphatic heterocycles. The van der Waals surface area contributed by atoms with Gasteiger partial charge in [0, 0.05) is 24.1 Å². The number of carbonyl (C=O) groups excluding carboxylic acids is 3. The number of tetrazole rings is 1. The maximum Gasteiger partial charge on any atom is 0.411 e. The molecule has 3 amide bonds. The number of β-lactam (4-membered cyclic amide) rings is 1. The number of carboxylic acid groups (broad SMARTS) is 2. The van der Waals surface area contributed by atoms with Gasteiger partial charge in [-0.3, -0.25) is 29.2 Å². The Morgan fingerprint density at radius 1 is 1.23 bits per heavy atom. The van der Waals surface area contributed by atoms with Gasteiger partial charge in [0.05, 0.1) is 11.8 Å². The highest BCUT2D eigenvalue weighted by Crippen LogP contribution is 2.44. The minimum absolute atomic E-state index is 0.0116. The third-order valence-electron chi connectivity index (χ3n) is 6.18. The number of carbonyl (C=O) groups is 5. The quantitative estimate of drug-likeness (QED) is 0.0893. The Balaban J connectivity index is 1.55. The van der Waals surface area contributed by atoms with Gasteiger partial charge >= 0.3 is 18.0 Å². The van der Waals surface area contributed by atoms with E-state index in [-0.39, 0.29) is 34.7 Å². The van der Waals surface area contributed by atoms with Crippen LogP contribution in [0.4, 0.5) is 10.5 Å². The van der Waals surface area contributed by atoms with Crippen molar-refractivity contribution in [2.75, 3.05) is 17.7 Å². The van der Waals surface area contributed by atoms with Gasteiger partial charge in [-0.15, -0.1) is 16.9 Å².